The predicted molar refractivity (Wildman–Crippen MR) is 66.5 cm³/mol. The quantitative estimate of drug-likeness (QED) is 0.886. The van der Waals surface area contributed by atoms with Crippen LogP contribution >= 0.6 is 15.9 Å². The molecule has 0 spiro atoms. The molecule has 0 bridgehead atoms. The molecule has 0 atom stereocenters. The fourth-order valence-electron chi connectivity index (χ4n) is 1.40. The zero-order chi connectivity index (χ0) is 12.4. The van der Waals surface area contributed by atoms with Crippen LogP contribution in [0.2, 0.25) is 0 Å². The maximum atomic E-state index is 11.1. The van der Waals surface area contributed by atoms with E-state index in [0.717, 1.165) is 10.0 Å². The van der Waals surface area contributed by atoms with E-state index in [1.165, 1.54) is 6.20 Å². The molecule has 2 aromatic rings. The second kappa shape index (κ2) is 4.50. The summed E-state index contributed by atoms with van der Waals surface area (Å²) in [5.74, 6) is -1.18. The van der Waals surface area contributed by atoms with Crippen LogP contribution in [0.1, 0.15) is 10.5 Å². The lowest BCUT2D eigenvalue weighted by molar-refractivity contribution is 0.0691. The summed E-state index contributed by atoms with van der Waals surface area (Å²) in [6.45, 7) is 0. The summed E-state index contributed by atoms with van der Waals surface area (Å²) in [6, 6.07) is 7.20. The minimum absolute atomic E-state index is 0.0525. The molecule has 1 heterocycles. The first kappa shape index (κ1) is 11.5. The van der Waals surface area contributed by atoms with Crippen LogP contribution in [0, 0.1) is 0 Å². The first-order valence-corrected chi connectivity index (χ1v) is 5.49. The van der Waals surface area contributed by atoms with Crippen molar-refractivity contribution in [3.05, 3.63) is 40.6 Å². The molecule has 1 aromatic carbocycles. The second-order valence-corrected chi connectivity index (χ2v) is 4.22. The van der Waals surface area contributed by atoms with E-state index in [2.05, 4.69) is 25.9 Å². The first-order chi connectivity index (χ1) is 8.08. The van der Waals surface area contributed by atoms with Crippen molar-refractivity contribution < 1.29 is 9.90 Å². The average Bonchev–Trinajstić information content (AvgIpc) is 2.30. The maximum absolute atomic E-state index is 11.1. The van der Waals surface area contributed by atoms with Crippen LogP contribution in [0.5, 0.6) is 0 Å². The standard InChI is InChI=1S/C11H8BrN3O2/c12-7-3-1-6(2-4-7)8-5-14-11(13)15-9(8)10(16)17/h1-5H,(H,16,17)(H2,13,14,15). The molecule has 0 saturated heterocycles. The van der Waals surface area contributed by atoms with Crippen LogP contribution in [0.4, 0.5) is 5.95 Å². The van der Waals surface area contributed by atoms with Gasteiger partial charge in [-0.2, -0.15) is 0 Å². The van der Waals surface area contributed by atoms with Gasteiger partial charge in [-0.25, -0.2) is 14.8 Å². The van der Waals surface area contributed by atoms with Crippen molar-refractivity contribution in [2.24, 2.45) is 0 Å². The van der Waals surface area contributed by atoms with Crippen LogP contribution in [0.15, 0.2) is 34.9 Å². The lowest BCUT2D eigenvalue weighted by atomic mass is 10.1. The number of nitrogens with zero attached hydrogens (tertiary/aromatic N) is 2. The van der Waals surface area contributed by atoms with Crippen molar-refractivity contribution in [2.45, 2.75) is 0 Å². The number of carboxylic acid groups (broad SMARTS) is 1. The highest BCUT2D eigenvalue weighted by atomic mass is 79.9. The smallest absolute Gasteiger partial charge is 0.355 e. The first-order valence-electron chi connectivity index (χ1n) is 4.69. The lowest BCUT2D eigenvalue weighted by Gasteiger charge is -2.05. The number of nitrogens with two attached hydrogens (primary N) is 1. The van der Waals surface area contributed by atoms with Gasteiger partial charge in [0.1, 0.15) is 0 Å². The zero-order valence-corrected chi connectivity index (χ0v) is 10.2. The van der Waals surface area contributed by atoms with Gasteiger partial charge in [-0.1, -0.05) is 28.1 Å². The average molecular weight is 294 g/mol. The Balaban J connectivity index is 2.58. The molecule has 0 aliphatic rings. The van der Waals surface area contributed by atoms with E-state index in [9.17, 15) is 4.79 Å². The highest BCUT2D eigenvalue weighted by Crippen LogP contribution is 2.24. The van der Waals surface area contributed by atoms with E-state index in [1.807, 2.05) is 12.1 Å². The summed E-state index contributed by atoms with van der Waals surface area (Å²) in [7, 11) is 0. The second-order valence-electron chi connectivity index (χ2n) is 3.30. The van der Waals surface area contributed by atoms with Gasteiger partial charge in [0.2, 0.25) is 5.95 Å². The number of rotatable bonds is 2. The molecule has 1 aromatic heterocycles. The van der Waals surface area contributed by atoms with E-state index in [0.29, 0.717) is 5.56 Å². The molecule has 0 radical (unpaired) electrons. The number of hydrogen-bond donors (Lipinski definition) is 2. The van der Waals surface area contributed by atoms with Crippen LogP contribution in [0.3, 0.4) is 0 Å². The largest absolute Gasteiger partial charge is 0.476 e. The van der Waals surface area contributed by atoms with E-state index in [4.69, 9.17) is 10.8 Å². The lowest BCUT2D eigenvalue weighted by Crippen LogP contribution is -2.07. The Labute approximate surface area is 105 Å². The summed E-state index contributed by atoms with van der Waals surface area (Å²) in [4.78, 5) is 18.6. The Morgan fingerprint density at radius 2 is 1.94 bits per heavy atom. The van der Waals surface area contributed by atoms with Crippen molar-refractivity contribution in [3.8, 4) is 11.1 Å². The van der Waals surface area contributed by atoms with Gasteiger partial charge in [0.25, 0.3) is 0 Å². The van der Waals surface area contributed by atoms with E-state index in [1.54, 1.807) is 12.1 Å². The number of aromatic carboxylic acids is 1. The number of benzene rings is 1. The third-order valence-corrected chi connectivity index (χ3v) is 2.69. The normalized spacial score (nSPS) is 10.2. The Morgan fingerprint density at radius 1 is 1.29 bits per heavy atom. The molecular formula is C11H8BrN3O2. The van der Waals surface area contributed by atoms with Crippen LogP contribution < -0.4 is 5.73 Å². The number of nitrogen functional groups attached to an aromatic ring is 1. The van der Waals surface area contributed by atoms with E-state index >= 15 is 0 Å². The molecule has 0 aliphatic carbocycles. The van der Waals surface area contributed by atoms with E-state index in [-0.39, 0.29) is 11.6 Å². The fourth-order valence-corrected chi connectivity index (χ4v) is 1.66. The predicted octanol–water partition coefficient (Wildman–Crippen LogP) is 2.19. The van der Waals surface area contributed by atoms with Gasteiger partial charge in [-0.3, -0.25) is 0 Å². The maximum Gasteiger partial charge on any atom is 0.355 e. The Morgan fingerprint density at radius 3 is 2.53 bits per heavy atom. The van der Waals surface area contributed by atoms with Gasteiger partial charge in [0.15, 0.2) is 5.69 Å². The van der Waals surface area contributed by atoms with Crippen molar-refractivity contribution in [3.63, 3.8) is 0 Å². The van der Waals surface area contributed by atoms with Gasteiger partial charge >= 0.3 is 5.97 Å². The molecule has 5 nitrogen and oxygen atoms in total. The molecule has 0 aliphatic heterocycles. The number of anilines is 1. The minimum Gasteiger partial charge on any atom is -0.476 e. The molecule has 86 valence electrons. The van der Waals surface area contributed by atoms with Gasteiger partial charge in [0.05, 0.1) is 0 Å². The Bertz CT molecular complexity index is 569. The van der Waals surface area contributed by atoms with Crippen LogP contribution in [-0.2, 0) is 0 Å². The van der Waals surface area contributed by atoms with E-state index < -0.39 is 5.97 Å². The number of aromatic nitrogens is 2. The molecule has 3 N–H and O–H groups in total. The molecule has 6 heteroatoms. The molecule has 17 heavy (non-hydrogen) atoms. The summed E-state index contributed by atoms with van der Waals surface area (Å²) < 4.78 is 0.912. The third-order valence-electron chi connectivity index (χ3n) is 2.17. The van der Waals surface area contributed by atoms with Gasteiger partial charge in [-0.15, -0.1) is 0 Å². The molecule has 0 unspecified atom stereocenters. The van der Waals surface area contributed by atoms with Gasteiger partial charge < -0.3 is 10.8 Å². The third kappa shape index (κ3) is 2.42. The van der Waals surface area contributed by atoms with Crippen molar-refractivity contribution >= 4 is 27.8 Å². The van der Waals surface area contributed by atoms with Crippen molar-refractivity contribution in [2.75, 3.05) is 5.73 Å². The fraction of sp³-hybridized carbons (Fsp3) is 0. The molecule has 0 fully saturated rings. The SMILES string of the molecule is Nc1ncc(-c2ccc(Br)cc2)c(C(=O)O)n1. The Kier molecular flexibility index (Phi) is 3.06. The molecular weight excluding hydrogens is 286 g/mol. The van der Waals surface area contributed by atoms with Crippen LogP contribution in [-0.4, -0.2) is 21.0 Å². The number of carbonyl (C=O) groups is 1. The number of hydrogen-bond acceptors (Lipinski definition) is 4. The van der Waals surface area contributed by atoms with Crippen molar-refractivity contribution in [1.82, 2.24) is 9.97 Å². The minimum atomic E-state index is -1.13. The molecule has 0 saturated carbocycles. The number of carboxylic acids is 1. The Hall–Kier alpha value is -1.95. The number of halogens is 1. The van der Waals surface area contributed by atoms with Crippen molar-refractivity contribution in [1.29, 1.82) is 0 Å². The summed E-state index contributed by atoms with van der Waals surface area (Å²) >= 11 is 3.31. The monoisotopic (exact) mass is 293 g/mol. The van der Waals surface area contributed by atoms with Gasteiger partial charge in [0, 0.05) is 16.2 Å². The molecule has 2 rings (SSSR count). The summed E-state index contributed by atoms with van der Waals surface area (Å²) in [5.41, 5.74) is 6.45. The summed E-state index contributed by atoms with van der Waals surface area (Å²) in [6.07, 6.45) is 1.41. The zero-order valence-electron chi connectivity index (χ0n) is 8.59. The highest BCUT2D eigenvalue weighted by molar-refractivity contribution is 9.10. The summed E-state index contributed by atoms with van der Waals surface area (Å²) in [5, 5.41) is 9.05. The molecule has 0 amide bonds. The van der Waals surface area contributed by atoms with Crippen LogP contribution in [0.25, 0.3) is 11.1 Å². The van der Waals surface area contributed by atoms with Gasteiger partial charge in [-0.05, 0) is 17.7 Å². The highest BCUT2D eigenvalue weighted by Gasteiger charge is 2.14. The topological polar surface area (TPSA) is 89.1 Å².